The predicted molar refractivity (Wildman–Crippen MR) is 118 cm³/mol. The number of phenolic OH excluding ortho intramolecular Hbond substituents is 1. The van der Waals surface area contributed by atoms with E-state index in [4.69, 9.17) is 5.41 Å². The van der Waals surface area contributed by atoms with Crippen LogP contribution in [0.3, 0.4) is 0 Å². The normalized spacial score (nSPS) is 11.6. The summed E-state index contributed by atoms with van der Waals surface area (Å²) < 4.78 is 14.4. The molecular weight excluding hydrogens is 407 g/mol. The van der Waals surface area contributed by atoms with Gasteiger partial charge >= 0.3 is 0 Å². The molecule has 2 aromatic carbocycles. The van der Waals surface area contributed by atoms with Crippen LogP contribution in [0, 0.1) is 18.2 Å². The van der Waals surface area contributed by atoms with Crippen molar-refractivity contribution in [1.82, 2.24) is 15.3 Å². The van der Waals surface area contributed by atoms with Crippen molar-refractivity contribution in [3.05, 3.63) is 53.5 Å². The van der Waals surface area contributed by atoms with E-state index in [0.717, 1.165) is 5.56 Å². The van der Waals surface area contributed by atoms with Crippen LogP contribution in [0.5, 0.6) is 5.75 Å². The highest BCUT2D eigenvalue weighted by Crippen LogP contribution is 2.31. The molecule has 0 aliphatic carbocycles. The maximum atomic E-state index is 14.4. The molecule has 0 saturated carbocycles. The number of benzene rings is 2. The summed E-state index contributed by atoms with van der Waals surface area (Å²) in [4.78, 5) is 20.5. The second kappa shape index (κ2) is 9.63. The van der Waals surface area contributed by atoms with Crippen molar-refractivity contribution in [1.29, 1.82) is 5.41 Å². The molecule has 6 nitrogen and oxygen atoms in total. The Morgan fingerprint density at radius 2 is 2.00 bits per heavy atom. The van der Waals surface area contributed by atoms with Gasteiger partial charge in [0.15, 0.2) is 5.82 Å². The van der Waals surface area contributed by atoms with Gasteiger partial charge in [0.2, 0.25) is 5.91 Å². The van der Waals surface area contributed by atoms with Gasteiger partial charge in [-0.15, -0.1) is 12.4 Å². The van der Waals surface area contributed by atoms with Crippen molar-refractivity contribution in [3.8, 4) is 17.1 Å². The van der Waals surface area contributed by atoms with Crippen LogP contribution in [-0.4, -0.2) is 32.7 Å². The molecular formula is C22H24ClFN4O2. The minimum absolute atomic E-state index is 0. The van der Waals surface area contributed by atoms with E-state index in [1.165, 1.54) is 18.2 Å². The Morgan fingerprint density at radius 1 is 1.27 bits per heavy atom. The third-order valence-electron chi connectivity index (χ3n) is 4.59. The molecule has 1 amide bonds. The van der Waals surface area contributed by atoms with E-state index in [9.17, 15) is 14.3 Å². The molecule has 0 spiro atoms. The van der Waals surface area contributed by atoms with Crippen molar-refractivity contribution in [2.75, 3.05) is 0 Å². The molecule has 1 heterocycles. The summed E-state index contributed by atoms with van der Waals surface area (Å²) in [6, 6.07) is 9.30. The monoisotopic (exact) mass is 430 g/mol. The van der Waals surface area contributed by atoms with Gasteiger partial charge in [0.05, 0.1) is 22.5 Å². The SMILES string of the molecule is CCC(=O)N[C@H](C)CC(=N)c1nc(-c2c(O)cccc2F)nc2cc(C)ccc12.Cl. The van der Waals surface area contributed by atoms with Gasteiger partial charge in [0.1, 0.15) is 11.6 Å². The van der Waals surface area contributed by atoms with Gasteiger partial charge in [-0.1, -0.05) is 25.1 Å². The second-order valence-electron chi connectivity index (χ2n) is 7.06. The largest absolute Gasteiger partial charge is 0.507 e. The van der Waals surface area contributed by atoms with Crippen LogP contribution in [0.25, 0.3) is 22.3 Å². The first-order valence-electron chi connectivity index (χ1n) is 9.43. The number of phenols is 1. The highest BCUT2D eigenvalue weighted by Gasteiger charge is 2.19. The fraction of sp³-hybridized carbons (Fsp3) is 0.273. The van der Waals surface area contributed by atoms with Crippen LogP contribution in [0.15, 0.2) is 36.4 Å². The van der Waals surface area contributed by atoms with Gasteiger partial charge in [0, 0.05) is 24.3 Å². The molecule has 0 aliphatic heterocycles. The lowest BCUT2D eigenvalue weighted by molar-refractivity contribution is -0.121. The molecule has 158 valence electrons. The third kappa shape index (κ3) is 4.91. The molecule has 0 bridgehead atoms. The topological polar surface area (TPSA) is 99.0 Å². The molecule has 0 saturated heterocycles. The third-order valence-corrected chi connectivity index (χ3v) is 4.59. The van der Waals surface area contributed by atoms with Crippen LogP contribution in [0.2, 0.25) is 0 Å². The van der Waals surface area contributed by atoms with E-state index >= 15 is 0 Å². The van der Waals surface area contributed by atoms with Crippen LogP contribution >= 0.6 is 12.4 Å². The van der Waals surface area contributed by atoms with E-state index in [2.05, 4.69) is 15.3 Å². The van der Waals surface area contributed by atoms with Crippen LogP contribution in [0.1, 0.15) is 37.9 Å². The van der Waals surface area contributed by atoms with Gasteiger partial charge in [-0.3, -0.25) is 4.79 Å². The molecule has 8 heteroatoms. The molecule has 1 atom stereocenters. The summed E-state index contributed by atoms with van der Waals surface area (Å²) in [5.41, 5.74) is 1.97. The summed E-state index contributed by atoms with van der Waals surface area (Å²) in [6.07, 6.45) is 0.624. The Kier molecular flexibility index (Phi) is 7.45. The van der Waals surface area contributed by atoms with Gasteiger partial charge in [0.25, 0.3) is 0 Å². The maximum absolute atomic E-state index is 14.4. The number of hydrogen-bond acceptors (Lipinski definition) is 5. The van der Waals surface area contributed by atoms with E-state index in [0.29, 0.717) is 23.0 Å². The molecule has 3 N–H and O–H groups in total. The van der Waals surface area contributed by atoms with Crippen LogP contribution in [0.4, 0.5) is 4.39 Å². The Balaban J connectivity index is 0.00000320. The number of amides is 1. The fourth-order valence-electron chi connectivity index (χ4n) is 3.15. The fourth-order valence-corrected chi connectivity index (χ4v) is 3.15. The highest BCUT2D eigenvalue weighted by molar-refractivity contribution is 6.07. The molecule has 0 radical (unpaired) electrons. The predicted octanol–water partition coefficient (Wildman–Crippen LogP) is 4.54. The van der Waals surface area contributed by atoms with Crippen molar-refractivity contribution in [2.45, 2.75) is 39.7 Å². The van der Waals surface area contributed by atoms with Gasteiger partial charge < -0.3 is 15.8 Å². The van der Waals surface area contributed by atoms with E-state index < -0.39 is 5.82 Å². The number of hydrogen-bond donors (Lipinski definition) is 3. The Hall–Kier alpha value is -3.06. The molecule has 30 heavy (non-hydrogen) atoms. The number of nitrogens with one attached hydrogen (secondary N) is 2. The minimum atomic E-state index is -0.641. The molecule has 0 unspecified atom stereocenters. The summed E-state index contributed by atoms with van der Waals surface area (Å²) in [7, 11) is 0. The summed E-state index contributed by atoms with van der Waals surface area (Å²) >= 11 is 0. The number of fused-ring (bicyclic) bond motifs is 1. The zero-order valence-corrected chi connectivity index (χ0v) is 17.8. The zero-order valence-electron chi connectivity index (χ0n) is 17.0. The Labute approximate surface area is 180 Å². The number of halogens is 2. The average Bonchev–Trinajstić information content (AvgIpc) is 2.66. The number of carbonyl (C=O) groups is 1. The standard InChI is InChI=1S/C22H23FN4O2.ClH/c1-4-19(29)25-13(3)11-16(24)21-14-9-8-12(2)10-17(14)26-22(27-21)20-15(23)6-5-7-18(20)28;/h5-10,13,24,28H,4,11H2,1-3H3,(H,25,29);1H/t13-;/m1./s1. The Bertz CT molecular complexity index is 1080. The van der Waals surface area contributed by atoms with E-state index in [-0.39, 0.29) is 53.6 Å². The second-order valence-corrected chi connectivity index (χ2v) is 7.06. The highest BCUT2D eigenvalue weighted by atomic mass is 35.5. The molecule has 3 rings (SSSR count). The van der Waals surface area contributed by atoms with Crippen LogP contribution < -0.4 is 5.32 Å². The number of rotatable bonds is 6. The first-order chi connectivity index (χ1) is 13.8. The summed E-state index contributed by atoms with van der Waals surface area (Å²) in [5, 5.41) is 22.2. The quantitative estimate of drug-likeness (QED) is 0.500. The number of aryl methyl sites for hydroxylation is 1. The number of carbonyl (C=O) groups excluding carboxylic acids is 1. The number of aromatic hydroxyl groups is 1. The van der Waals surface area contributed by atoms with E-state index in [1.54, 1.807) is 6.92 Å². The minimum Gasteiger partial charge on any atom is -0.507 e. The van der Waals surface area contributed by atoms with Gasteiger partial charge in [-0.05, 0) is 37.6 Å². The van der Waals surface area contributed by atoms with Crippen molar-refractivity contribution in [2.24, 2.45) is 0 Å². The van der Waals surface area contributed by atoms with Gasteiger partial charge in [-0.25, -0.2) is 14.4 Å². The molecule has 0 fully saturated rings. The molecule has 3 aromatic rings. The first-order valence-corrected chi connectivity index (χ1v) is 9.43. The molecule has 0 aliphatic rings. The lowest BCUT2D eigenvalue weighted by Crippen LogP contribution is -2.33. The smallest absolute Gasteiger partial charge is 0.219 e. The Morgan fingerprint density at radius 3 is 2.67 bits per heavy atom. The summed E-state index contributed by atoms with van der Waals surface area (Å²) in [6.45, 7) is 5.50. The molecule has 1 aromatic heterocycles. The van der Waals surface area contributed by atoms with Crippen molar-refractivity contribution in [3.63, 3.8) is 0 Å². The van der Waals surface area contributed by atoms with Crippen LogP contribution in [-0.2, 0) is 4.79 Å². The lowest BCUT2D eigenvalue weighted by atomic mass is 10.0. The lowest BCUT2D eigenvalue weighted by Gasteiger charge is -2.16. The maximum Gasteiger partial charge on any atom is 0.219 e. The number of aromatic nitrogens is 2. The average molecular weight is 431 g/mol. The van der Waals surface area contributed by atoms with E-state index in [1.807, 2.05) is 32.0 Å². The first kappa shape index (κ1) is 23.2. The number of nitrogens with zero attached hydrogens (tertiary/aromatic N) is 2. The van der Waals surface area contributed by atoms with Gasteiger partial charge in [-0.2, -0.15) is 0 Å². The summed E-state index contributed by atoms with van der Waals surface area (Å²) in [5.74, 6) is -0.981. The van der Waals surface area contributed by atoms with Crippen molar-refractivity contribution < 1.29 is 14.3 Å². The van der Waals surface area contributed by atoms with Crippen molar-refractivity contribution >= 4 is 34.9 Å². The zero-order chi connectivity index (χ0) is 21.1.